The molecule has 0 amide bonds. The van der Waals surface area contributed by atoms with Gasteiger partial charge in [-0.15, -0.1) is 0 Å². The van der Waals surface area contributed by atoms with Gasteiger partial charge in [0, 0.05) is 31.9 Å². The first-order valence-corrected chi connectivity index (χ1v) is 7.10. The van der Waals surface area contributed by atoms with Crippen molar-refractivity contribution in [3.05, 3.63) is 23.3 Å². The van der Waals surface area contributed by atoms with Crippen molar-refractivity contribution in [1.82, 2.24) is 5.06 Å². The van der Waals surface area contributed by atoms with Crippen LogP contribution in [0.2, 0.25) is 0 Å². The van der Waals surface area contributed by atoms with Crippen molar-refractivity contribution in [2.45, 2.75) is 31.7 Å². The Morgan fingerprint density at radius 3 is 3.00 bits per heavy atom. The third-order valence-corrected chi connectivity index (χ3v) is 4.25. The zero-order valence-corrected chi connectivity index (χ0v) is 11.7. The molecule has 1 N–H and O–H groups in total. The van der Waals surface area contributed by atoms with E-state index in [1.807, 2.05) is 0 Å². The standard InChI is InChI=1S/C15H22N2O2/c1-16-9-3-5-11-7-8-13-14(15(11)16)12(17(2)18)6-4-10-19-13/h7-8,12,18H,3-6,9-10H2,1-2H3. The van der Waals surface area contributed by atoms with Crippen LogP contribution in [-0.2, 0) is 6.42 Å². The average Bonchev–Trinajstić information content (AvgIpc) is 2.60. The molecule has 0 spiro atoms. The van der Waals surface area contributed by atoms with Gasteiger partial charge >= 0.3 is 0 Å². The van der Waals surface area contributed by atoms with Crippen molar-refractivity contribution in [2.75, 3.05) is 32.1 Å². The Balaban J connectivity index is 2.16. The fraction of sp³-hybridized carbons (Fsp3) is 0.600. The fourth-order valence-corrected chi connectivity index (χ4v) is 3.33. The quantitative estimate of drug-likeness (QED) is 0.789. The normalized spacial score (nSPS) is 22.5. The van der Waals surface area contributed by atoms with Gasteiger partial charge in [0.1, 0.15) is 5.75 Å². The van der Waals surface area contributed by atoms with Crippen molar-refractivity contribution < 1.29 is 9.94 Å². The zero-order chi connectivity index (χ0) is 13.4. The molecule has 4 heteroatoms. The molecule has 104 valence electrons. The van der Waals surface area contributed by atoms with E-state index in [0.29, 0.717) is 0 Å². The molecule has 0 fully saturated rings. The number of hydrogen-bond donors (Lipinski definition) is 1. The van der Waals surface area contributed by atoms with Gasteiger partial charge in [-0.05, 0) is 37.3 Å². The number of hydroxylamine groups is 2. The van der Waals surface area contributed by atoms with Gasteiger partial charge in [0.05, 0.1) is 12.6 Å². The Bertz CT molecular complexity index is 473. The summed E-state index contributed by atoms with van der Waals surface area (Å²) in [5.74, 6) is 0.941. The lowest BCUT2D eigenvalue weighted by molar-refractivity contribution is -0.106. The number of hydrogen-bond acceptors (Lipinski definition) is 4. The topological polar surface area (TPSA) is 35.9 Å². The van der Waals surface area contributed by atoms with E-state index in [9.17, 15) is 5.21 Å². The van der Waals surface area contributed by atoms with Crippen LogP contribution in [0, 0.1) is 0 Å². The van der Waals surface area contributed by atoms with Crippen LogP contribution in [-0.4, -0.2) is 37.5 Å². The maximum Gasteiger partial charge on any atom is 0.126 e. The molecule has 1 aromatic rings. The molecule has 1 unspecified atom stereocenters. The minimum Gasteiger partial charge on any atom is -0.493 e. The molecule has 0 aromatic heterocycles. The van der Waals surface area contributed by atoms with Crippen LogP contribution < -0.4 is 9.64 Å². The zero-order valence-electron chi connectivity index (χ0n) is 11.7. The van der Waals surface area contributed by atoms with Gasteiger partial charge in [-0.3, -0.25) is 0 Å². The third kappa shape index (κ3) is 2.19. The molecule has 2 aliphatic heterocycles. The van der Waals surface area contributed by atoms with Crippen molar-refractivity contribution in [1.29, 1.82) is 0 Å². The van der Waals surface area contributed by atoms with Crippen LogP contribution in [0.3, 0.4) is 0 Å². The summed E-state index contributed by atoms with van der Waals surface area (Å²) in [6.45, 7) is 1.81. The minimum atomic E-state index is 0.0352. The molecule has 2 aliphatic rings. The second-order valence-corrected chi connectivity index (χ2v) is 5.59. The Kier molecular flexibility index (Phi) is 3.37. The van der Waals surface area contributed by atoms with Gasteiger partial charge in [-0.2, -0.15) is 5.06 Å². The highest BCUT2D eigenvalue weighted by molar-refractivity contribution is 5.66. The number of ether oxygens (including phenoxy) is 1. The van der Waals surface area contributed by atoms with Crippen LogP contribution in [0.4, 0.5) is 5.69 Å². The molecular formula is C15H22N2O2. The molecule has 0 bridgehead atoms. The molecule has 4 nitrogen and oxygen atoms in total. The molecular weight excluding hydrogens is 240 g/mol. The molecule has 19 heavy (non-hydrogen) atoms. The molecule has 0 aliphatic carbocycles. The number of aryl methyl sites for hydroxylation is 1. The molecule has 1 atom stereocenters. The average molecular weight is 262 g/mol. The van der Waals surface area contributed by atoms with Crippen molar-refractivity contribution >= 4 is 5.69 Å². The van der Waals surface area contributed by atoms with Gasteiger partial charge in [0.2, 0.25) is 0 Å². The van der Waals surface area contributed by atoms with Crippen LogP contribution >= 0.6 is 0 Å². The molecule has 2 heterocycles. The Morgan fingerprint density at radius 2 is 2.21 bits per heavy atom. The lowest BCUT2D eigenvalue weighted by Crippen LogP contribution is -2.29. The number of rotatable bonds is 1. The van der Waals surface area contributed by atoms with Crippen LogP contribution in [0.5, 0.6) is 5.75 Å². The van der Waals surface area contributed by atoms with E-state index in [1.165, 1.54) is 28.3 Å². The summed E-state index contributed by atoms with van der Waals surface area (Å²) in [6, 6.07) is 4.30. The Hall–Kier alpha value is -1.26. The second kappa shape index (κ2) is 5.02. The highest BCUT2D eigenvalue weighted by Crippen LogP contribution is 2.44. The van der Waals surface area contributed by atoms with E-state index in [1.54, 1.807) is 7.05 Å². The van der Waals surface area contributed by atoms with E-state index >= 15 is 0 Å². The van der Waals surface area contributed by atoms with E-state index in [2.05, 4.69) is 24.1 Å². The highest BCUT2D eigenvalue weighted by Gasteiger charge is 2.30. The van der Waals surface area contributed by atoms with E-state index in [0.717, 1.165) is 38.2 Å². The summed E-state index contributed by atoms with van der Waals surface area (Å²) in [5.41, 5.74) is 3.82. The fourth-order valence-electron chi connectivity index (χ4n) is 3.33. The number of nitrogens with zero attached hydrogens (tertiary/aromatic N) is 2. The molecule has 3 rings (SSSR count). The first kappa shape index (κ1) is 12.8. The summed E-state index contributed by atoms with van der Waals surface area (Å²) in [7, 11) is 3.87. The number of benzene rings is 1. The van der Waals surface area contributed by atoms with Crippen molar-refractivity contribution in [2.24, 2.45) is 0 Å². The maximum atomic E-state index is 10.00. The van der Waals surface area contributed by atoms with Gasteiger partial charge in [-0.25, -0.2) is 0 Å². The third-order valence-electron chi connectivity index (χ3n) is 4.25. The summed E-state index contributed by atoms with van der Waals surface area (Å²) < 4.78 is 5.88. The van der Waals surface area contributed by atoms with Crippen molar-refractivity contribution in [3.63, 3.8) is 0 Å². The minimum absolute atomic E-state index is 0.0352. The predicted molar refractivity (Wildman–Crippen MR) is 75.1 cm³/mol. The summed E-state index contributed by atoms with van der Waals surface area (Å²) in [4.78, 5) is 2.31. The Morgan fingerprint density at radius 1 is 1.37 bits per heavy atom. The SMILES string of the molecule is CN1CCCc2ccc3c(c21)C(N(C)O)CCCO3. The van der Waals surface area contributed by atoms with Crippen LogP contribution in [0.25, 0.3) is 0 Å². The Labute approximate surface area is 114 Å². The monoisotopic (exact) mass is 262 g/mol. The summed E-state index contributed by atoms with van der Waals surface area (Å²) in [6.07, 6.45) is 4.23. The van der Waals surface area contributed by atoms with Crippen LogP contribution in [0.1, 0.15) is 36.4 Å². The lowest BCUT2D eigenvalue weighted by Gasteiger charge is -2.34. The smallest absolute Gasteiger partial charge is 0.126 e. The molecule has 1 aromatic carbocycles. The van der Waals surface area contributed by atoms with E-state index < -0.39 is 0 Å². The van der Waals surface area contributed by atoms with Gasteiger partial charge < -0.3 is 14.8 Å². The number of fused-ring (bicyclic) bond motifs is 3. The first-order valence-electron chi connectivity index (χ1n) is 7.10. The van der Waals surface area contributed by atoms with Crippen LogP contribution in [0.15, 0.2) is 12.1 Å². The largest absolute Gasteiger partial charge is 0.493 e. The van der Waals surface area contributed by atoms with Gasteiger partial charge in [0.25, 0.3) is 0 Å². The second-order valence-electron chi connectivity index (χ2n) is 5.59. The predicted octanol–water partition coefficient (Wildman–Crippen LogP) is 2.60. The van der Waals surface area contributed by atoms with Gasteiger partial charge in [0.15, 0.2) is 0 Å². The van der Waals surface area contributed by atoms with E-state index in [4.69, 9.17) is 4.74 Å². The van der Waals surface area contributed by atoms with Crippen molar-refractivity contribution in [3.8, 4) is 5.75 Å². The van der Waals surface area contributed by atoms with Gasteiger partial charge in [-0.1, -0.05) is 6.07 Å². The van der Waals surface area contributed by atoms with E-state index in [-0.39, 0.29) is 6.04 Å². The molecule has 0 radical (unpaired) electrons. The first-order chi connectivity index (χ1) is 9.18. The maximum absolute atomic E-state index is 10.00. The number of anilines is 1. The molecule has 0 saturated heterocycles. The highest BCUT2D eigenvalue weighted by atomic mass is 16.5. The summed E-state index contributed by atoms with van der Waals surface area (Å²) in [5, 5.41) is 11.3. The lowest BCUT2D eigenvalue weighted by atomic mass is 9.92. The summed E-state index contributed by atoms with van der Waals surface area (Å²) >= 11 is 0. The molecule has 0 saturated carbocycles.